The first kappa shape index (κ1) is 19.0. The molecule has 1 aliphatic carbocycles. The Hall–Kier alpha value is -1.73. The van der Waals surface area contributed by atoms with Crippen LogP contribution in [0.4, 0.5) is 5.82 Å². The average Bonchev–Trinajstić information content (AvgIpc) is 3.03. The van der Waals surface area contributed by atoms with Crippen molar-refractivity contribution in [3.05, 3.63) is 57.9 Å². The van der Waals surface area contributed by atoms with Gasteiger partial charge < -0.3 is 11.1 Å². The topological polar surface area (TPSA) is 76.7 Å². The molecule has 0 saturated carbocycles. The molecule has 3 N–H and O–H groups in total. The number of nitrogens with zero attached hydrogens (tertiary/aromatic N) is 3. The zero-order valence-corrected chi connectivity index (χ0v) is 16.4. The number of pyridine rings is 1. The maximum Gasteiger partial charge on any atom is 0.225 e. The van der Waals surface area contributed by atoms with Crippen molar-refractivity contribution in [1.29, 1.82) is 0 Å². The third-order valence-corrected chi connectivity index (χ3v) is 5.43. The molecule has 0 fully saturated rings. The molecule has 8 heteroatoms. The molecule has 3 heterocycles. The number of nitrogens with two attached hydrogens (primary N) is 1. The average molecular weight is 408 g/mol. The van der Waals surface area contributed by atoms with Gasteiger partial charge in [0.15, 0.2) is 0 Å². The number of allylic oxidation sites excluding steroid dienone is 1. The van der Waals surface area contributed by atoms with Crippen LogP contribution in [0.5, 0.6) is 0 Å². The van der Waals surface area contributed by atoms with Crippen LogP contribution in [0.2, 0.25) is 10.3 Å². The molecule has 0 aromatic carbocycles. The molecule has 0 spiro atoms. The van der Waals surface area contributed by atoms with Crippen molar-refractivity contribution >= 4 is 50.6 Å². The Morgan fingerprint density at radius 3 is 2.65 bits per heavy atom. The molecule has 5 nitrogen and oxygen atoms in total. The highest BCUT2D eigenvalue weighted by Gasteiger charge is 2.11. The predicted molar refractivity (Wildman–Crippen MR) is 110 cm³/mol. The van der Waals surface area contributed by atoms with E-state index < -0.39 is 0 Å². The smallest absolute Gasteiger partial charge is 0.225 e. The van der Waals surface area contributed by atoms with Gasteiger partial charge in [-0.15, -0.1) is 11.3 Å². The fourth-order valence-electron chi connectivity index (χ4n) is 2.49. The van der Waals surface area contributed by atoms with Crippen molar-refractivity contribution in [2.75, 3.05) is 5.32 Å². The van der Waals surface area contributed by atoms with Gasteiger partial charge in [0.2, 0.25) is 5.28 Å². The van der Waals surface area contributed by atoms with Crippen LogP contribution in [0.1, 0.15) is 24.8 Å². The van der Waals surface area contributed by atoms with E-state index in [1.54, 1.807) is 12.4 Å². The molecule has 3 aromatic heterocycles. The Morgan fingerprint density at radius 1 is 1.19 bits per heavy atom. The Morgan fingerprint density at radius 2 is 2.00 bits per heavy atom. The van der Waals surface area contributed by atoms with Crippen LogP contribution in [-0.4, -0.2) is 21.0 Å². The molecule has 136 valence electrons. The highest BCUT2D eigenvalue weighted by molar-refractivity contribution is 7.18. The van der Waals surface area contributed by atoms with Gasteiger partial charge >= 0.3 is 0 Å². The number of hydrogen-bond donors (Lipinski definition) is 2. The monoisotopic (exact) mass is 407 g/mol. The predicted octanol–water partition coefficient (Wildman–Crippen LogP) is 5.06. The van der Waals surface area contributed by atoms with Crippen molar-refractivity contribution in [2.45, 2.75) is 31.8 Å². The third kappa shape index (κ3) is 5.14. The Labute approximate surface area is 166 Å². The van der Waals surface area contributed by atoms with Gasteiger partial charge in [-0.3, -0.25) is 4.98 Å². The van der Waals surface area contributed by atoms with E-state index in [0.29, 0.717) is 28.9 Å². The molecule has 0 aliphatic heterocycles. The van der Waals surface area contributed by atoms with E-state index in [1.807, 2.05) is 17.5 Å². The van der Waals surface area contributed by atoms with Crippen molar-refractivity contribution < 1.29 is 0 Å². The number of nitrogens with one attached hydrogen (secondary N) is 1. The minimum atomic E-state index is 0.185. The molecule has 1 aliphatic rings. The van der Waals surface area contributed by atoms with E-state index in [2.05, 4.69) is 32.4 Å². The van der Waals surface area contributed by atoms with E-state index in [-0.39, 0.29) is 5.28 Å². The Balaban J connectivity index is 0.000000236. The first-order valence-electron chi connectivity index (χ1n) is 8.27. The first-order chi connectivity index (χ1) is 12.6. The highest BCUT2D eigenvalue weighted by atomic mass is 35.5. The van der Waals surface area contributed by atoms with Crippen LogP contribution in [0.25, 0.3) is 10.2 Å². The minimum absolute atomic E-state index is 0.185. The summed E-state index contributed by atoms with van der Waals surface area (Å²) in [4.78, 5) is 12.3. The molecule has 1 atom stereocenters. The highest BCUT2D eigenvalue weighted by Crippen LogP contribution is 2.33. The van der Waals surface area contributed by atoms with E-state index in [4.69, 9.17) is 28.9 Å². The zero-order valence-electron chi connectivity index (χ0n) is 14.0. The molecule has 26 heavy (non-hydrogen) atoms. The second-order valence-corrected chi connectivity index (χ2v) is 7.48. The van der Waals surface area contributed by atoms with Gasteiger partial charge in [0.25, 0.3) is 0 Å². The summed E-state index contributed by atoms with van der Waals surface area (Å²) in [5, 5.41) is 5.85. The summed E-state index contributed by atoms with van der Waals surface area (Å²) in [5.41, 5.74) is 7.38. The molecular formula is C18H19Cl2N5S. The van der Waals surface area contributed by atoms with Gasteiger partial charge in [0.1, 0.15) is 11.3 Å². The Kier molecular flexibility index (Phi) is 6.80. The molecule has 1 unspecified atom stereocenters. The minimum Gasteiger partial charge on any atom is -0.365 e. The second kappa shape index (κ2) is 9.28. The number of hydrogen-bond acceptors (Lipinski definition) is 6. The fourth-order valence-corrected chi connectivity index (χ4v) is 3.81. The normalized spacial score (nSPS) is 16.2. The first-order valence-corrected chi connectivity index (χ1v) is 9.90. The molecule has 0 amide bonds. The number of thiophene rings is 1. The maximum absolute atomic E-state index is 6.06. The van der Waals surface area contributed by atoms with Crippen molar-refractivity contribution in [2.24, 2.45) is 5.73 Å². The molecule has 4 rings (SSSR count). The van der Waals surface area contributed by atoms with Gasteiger partial charge in [-0.05, 0) is 48.6 Å². The largest absolute Gasteiger partial charge is 0.365 e. The van der Waals surface area contributed by atoms with Crippen LogP contribution >= 0.6 is 34.5 Å². The van der Waals surface area contributed by atoms with Crippen LogP contribution in [-0.2, 0) is 6.54 Å². The summed E-state index contributed by atoms with van der Waals surface area (Å²) < 4.78 is 0.906. The van der Waals surface area contributed by atoms with Crippen LogP contribution in [0, 0.1) is 0 Å². The summed E-state index contributed by atoms with van der Waals surface area (Å²) in [7, 11) is 0. The lowest BCUT2D eigenvalue weighted by atomic mass is 10.0. The quantitative estimate of drug-likeness (QED) is 0.468. The summed E-state index contributed by atoms with van der Waals surface area (Å²) in [6.45, 7) is 0.639. The van der Waals surface area contributed by atoms with Gasteiger partial charge in [-0.1, -0.05) is 23.8 Å². The lowest BCUT2D eigenvalue weighted by Crippen LogP contribution is -2.19. The zero-order chi connectivity index (χ0) is 18.4. The summed E-state index contributed by atoms with van der Waals surface area (Å²) in [6.07, 6.45) is 11.3. The SMILES string of the molecule is Clc1nc(NCc2ccncc2)c2scc(Cl)c2n1.NC1CC=CCC1. The standard InChI is InChI=1S/C12H8Cl2N4S.C6H11N/c13-8-6-19-10-9(8)17-12(14)18-11(10)16-5-7-1-3-15-4-2-7;7-6-4-2-1-3-5-6/h1-4,6H,5H2,(H,16,17,18);1-2,6H,3-5,7H2. The second-order valence-electron chi connectivity index (χ2n) is 5.86. The summed E-state index contributed by atoms with van der Waals surface area (Å²) >= 11 is 13.5. The van der Waals surface area contributed by atoms with E-state index in [0.717, 1.165) is 16.7 Å². The number of fused-ring (bicyclic) bond motifs is 1. The number of halogens is 2. The lowest BCUT2D eigenvalue weighted by Gasteiger charge is -2.09. The lowest BCUT2D eigenvalue weighted by molar-refractivity contribution is 0.606. The summed E-state index contributed by atoms with van der Waals surface area (Å²) in [6, 6.07) is 4.33. The van der Waals surface area contributed by atoms with Crippen molar-refractivity contribution in [3.8, 4) is 0 Å². The molecule has 3 aromatic rings. The van der Waals surface area contributed by atoms with Gasteiger partial charge in [-0.25, -0.2) is 4.98 Å². The number of rotatable bonds is 3. The third-order valence-electron chi connectivity index (χ3n) is 3.86. The van der Waals surface area contributed by atoms with E-state index in [1.165, 1.54) is 24.2 Å². The van der Waals surface area contributed by atoms with Gasteiger partial charge in [0, 0.05) is 30.4 Å². The van der Waals surface area contributed by atoms with Crippen LogP contribution in [0.15, 0.2) is 42.1 Å². The maximum atomic E-state index is 6.06. The van der Waals surface area contributed by atoms with Crippen LogP contribution in [0.3, 0.4) is 0 Å². The van der Waals surface area contributed by atoms with Crippen LogP contribution < -0.4 is 11.1 Å². The molecule has 0 bridgehead atoms. The van der Waals surface area contributed by atoms with Gasteiger partial charge in [-0.2, -0.15) is 4.98 Å². The van der Waals surface area contributed by atoms with E-state index >= 15 is 0 Å². The van der Waals surface area contributed by atoms with E-state index in [9.17, 15) is 0 Å². The fraction of sp³-hybridized carbons (Fsp3) is 0.278. The molecular weight excluding hydrogens is 389 g/mol. The van der Waals surface area contributed by atoms with Crippen molar-refractivity contribution in [1.82, 2.24) is 15.0 Å². The van der Waals surface area contributed by atoms with Gasteiger partial charge in [0.05, 0.1) is 9.72 Å². The van der Waals surface area contributed by atoms with Crippen molar-refractivity contribution in [3.63, 3.8) is 0 Å². The Bertz CT molecular complexity index is 882. The molecule has 0 saturated heterocycles. The number of aromatic nitrogens is 3. The summed E-state index contributed by atoms with van der Waals surface area (Å²) in [5.74, 6) is 0.698. The number of anilines is 1. The molecule has 0 radical (unpaired) electrons.